The highest BCUT2D eigenvalue weighted by Gasteiger charge is 2.28. The summed E-state index contributed by atoms with van der Waals surface area (Å²) in [5.74, 6) is 0. The Balaban J connectivity index is 4.45. The van der Waals surface area contributed by atoms with E-state index in [0.717, 1.165) is 13.1 Å². The molecule has 0 saturated carbocycles. The topological polar surface area (TPSA) is 27.0 Å². The maximum absolute atomic E-state index is 9.00. The van der Waals surface area contributed by atoms with Crippen LogP contribution in [-0.4, -0.2) is 24.0 Å². The summed E-state index contributed by atoms with van der Waals surface area (Å²) < 4.78 is 0. The van der Waals surface area contributed by atoms with E-state index < -0.39 is 0 Å². The number of hydrogen-bond acceptors (Lipinski definition) is 2. The maximum atomic E-state index is 9.00. The van der Waals surface area contributed by atoms with Crippen LogP contribution in [0.15, 0.2) is 0 Å². The molecule has 0 aromatic carbocycles. The Bertz CT molecular complexity index is 158. The molecule has 0 radical (unpaired) electrons. The summed E-state index contributed by atoms with van der Waals surface area (Å²) in [6.07, 6.45) is 0. The fourth-order valence-electron chi connectivity index (χ4n) is 1.41. The van der Waals surface area contributed by atoms with Crippen LogP contribution in [0.25, 0.3) is 0 Å². The molecule has 1 atom stereocenters. The highest BCUT2D eigenvalue weighted by molar-refractivity contribution is 4.98. The average molecular weight is 168 g/mol. The zero-order valence-corrected chi connectivity index (χ0v) is 8.89. The quantitative estimate of drug-likeness (QED) is 0.646. The summed E-state index contributed by atoms with van der Waals surface area (Å²) in [6, 6.07) is 2.40. The molecule has 0 heterocycles. The summed E-state index contributed by atoms with van der Waals surface area (Å²) in [4.78, 5) is 2.19. The third kappa shape index (κ3) is 2.83. The Kier molecular flexibility index (Phi) is 4.26. The predicted molar refractivity (Wildman–Crippen MR) is 51.8 cm³/mol. The van der Waals surface area contributed by atoms with Gasteiger partial charge in [0.15, 0.2) is 0 Å². The van der Waals surface area contributed by atoms with Crippen molar-refractivity contribution in [1.82, 2.24) is 4.90 Å². The van der Waals surface area contributed by atoms with Crippen LogP contribution in [0.4, 0.5) is 0 Å². The standard InChI is InChI=1S/C10H20N2/c1-6-12(7-2)9(8-11)10(3,4)5/h9H,6-7H2,1-5H3. The molecule has 0 aliphatic rings. The third-order valence-electron chi connectivity index (χ3n) is 2.12. The van der Waals surface area contributed by atoms with Gasteiger partial charge in [-0.15, -0.1) is 0 Å². The fourth-order valence-corrected chi connectivity index (χ4v) is 1.41. The molecule has 0 N–H and O–H groups in total. The van der Waals surface area contributed by atoms with Crippen LogP contribution in [0.3, 0.4) is 0 Å². The van der Waals surface area contributed by atoms with Crippen molar-refractivity contribution in [3.05, 3.63) is 0 Å². The van der Waals surface area contributed by atoms with Gasteiger partial charge in [0.2, 0.25) is 0 Å². The lowest BCUT2D eigenvalue weighted by Crippen LogP contribution is -2.42. The molecule has 0 fully saturated rings. The minimum atomic E-state index is 0.0347. The van der Waals surface area contributed by atoms with Crippen molar-refractivity contribution in [2.75, 3.05) is 13.1 Å². The number of nitrogens with zero attached hydrogens (tertiary/aromatic N) is 2. The second-order valence-electron chi connectivity index (χ2n) is 4.12. The van der Waals surface area contributed by atoms with Crippen LogP contribution in [0.2, 0.25) is 0 Å². The lowest BCUT2D eigenvalue weighted by Gasteiger charge is -2.33. The van der Waals surface area contributed by atoms with Gasteiger partial charge in [-0.3, -0.25) is 4.90 Å². The summed E-state index contributed by atoms with van der Waals surface area (Å²) in [7, 11) is 0. The van der Waals surface area contributed by atoms with Gasteiger partial charge in [-0.05, 0) is 18.5 Å². The van der Waals surface area contributed by atoms with Crippen LogP contribution < -0.4 is 0 Å². The Hall–Kier alpha value is -0.550. The third-order valence-corrected chi connectivity index (χ3v) is 2.12. The lowest BCUT2D eigenvalue weighted by atomic mass is 9.86. The number of nitriles is 1. The van der Waals surface area contributed by atoms with E-state index in [2.05, 4.69) is 45.6 Å². The van der Waals surface area contributed by atoms with E-state index in [1.54, 1.807) is 0 Å². The molecule has 0 aromatic rings. The molecule has 0 aliphatic heterocycles. The van der Waals surface area contributed by atoms with Crippen molar-refractivity contribution in [2.24, 2.45) is 5.41 Å². The van der Waals surface area contributed by atoms with E-state index in [4.69, 9.17) is 5.26 Å². The monoisotopic (exact) mass is 168 g/mol. The molecule has 12 heavy (non-hydrogen) atoms. The summed E-state index contributed by atoms with van der Waals surface area (Å²) in [5.41, 5.74) is 0.0563. The van der Waals surface area contributed by atoms with Gasteiger partial charge < -0.3 is 0 Å². The zero-order chi connectivity index (χ0) is 9.78. The minimum absolute atomic E-state index is 0.0347. The van der Waals surface area contributed by atoms with Crippen LogP contribution in [0.1, 0.15) is 34.6 Å². The first-order valence-corrected chi connectivity index (χ1v) is 4.61. The maximum Gasteiger partial charge on any atom is 0.103 e. The number of hydrogen-bond donors (Lipinski definition) is 0. The van der Waals surface area contributed by atoms with E-state index in [0.29, 0.717) is 0 Å². The SMILES string of the molecule is CCN(CC)C(C#N)C(C)(C)C. The number of rotatable bonds is 3. The highest BCUT2D eigenvalue weighted by atomic mass is 15.1. The van der Waals surface area contributed by atoms with E-state index in [1.165, 1.54) is 0 Å². The van der Waals surface area contributed by atoms with Gasteiger partial charge in [-0.1, -0.05) is 34.6 Å². The molecule has 0 amide bonds. The molecular weight excluding hydrogens is 148 g/mol. The smallest absolute Gasteiger partial charge is 0.103 e. The summed E-state index contributed by atoms with van der Waals surface area (Å²) in [6.45, 7) is 12.4. The first kappa shape index (κ1) is 11.4. The van der Waals surface area contributed by atoms with Gasteiger partial charge in [0.05, 0.1) is 6.07 Å². The molecule has 0 bridgehead atoms. The predicted octanol–water partition coefficient (Wildman–Crippen LogP) is 2.27. The lowest BCUT2D eigenvalue weighted by molar-refractivity contribution is 0.153. The normalized spacial score (nSPS) is 14.4. The highest BCUT2D eigenvalue weighted by Crippen LogP contribution is 2.23. The van der Waals surface area contributed by atoms with E-state index in [9.17, 15) is 0 Å². The van der Waals surface area contributed by atoms with E-state index >= 15 is 0 Å². The molecule has 2 nitrogen and oxygen atoms in total. The second-order valence-corrected chi connectivity index (χ2v) is 4.12. The van der Waals surface area contributed by atoms with E-state index in [-0.39, 0.29) is 11.5 Å². The summed E-state index contributed by atoms with van der Waals surface area (Å²) in [5, 5.41) is 9.00. The van der Waals surface area contributed by atoms with Crippen LogP contribution in [0, 0.1) is 16.7 Å². The Morgan fingerprint density at radius 2 is 1.67 bits per heavy atom. The van der Waals surface area contributed by atoms with Crippen molar-refractivity contribution in [1.29, 1.82) is 5.26 Å². The first-order valence-electron chi connectivity index (χ1n) is 4.61. The molecule has 0 saturated heterocycles. The molecule has 70 valence electrons. The molecular formula is C10H20N2. The van der Waals surface area contributed by atoms with Crippen molar-refractivity contribution >= 4 is 0 Å². The Morgan fingerprint density at radius 3 is 1.75 bits per heavy atom. The van der Waals surface area contributed by atoms with Crippen molar-refractivity contribution in [3.63, 3.8) is 0 Å². The molecule has 1 unspecified atom stereocenters. The fraction of sp³-hybridized carbons (Fsp3) is 0.900. The second kappa shape index (κ2) is 4.47. The van der Waals surface area contributed by atoms with Crippen LogP contribution >= 0.6 is 0 Å². The molecule has 0 aliphatic carbocycles. The zero-order valence-electron chi connectivity index (χ0n) is 8.89. The molecule has 2 heteroatoms. The summed E-state index contributed by atoms with van der Waals surface area (Å²) >= 11 is 0. The molecule has 0 aromatic heterocycles. The average Bonchev–Trinajstić information content (AvgIpc) is 1.97. The van der Waals surface area contributed by atoms with Crippen molar-refractivity contribution in [3.8, 4) is 6.07 Å². The van der Waals surface area contributed by atoms with Gasteiger partial charge in [-0.2, -0.15) is 5.26 Å². The Labute approximate surface area is 76.2 Å². The van der Waals surface area contributed by atoms with Gasteiger partial charge in [0.25, 0.3) is 0 Å². The van der Waals surface area contributed by atoms with Gasteiger partial charge in [-0.25, -0.2) is 0 Å². The van der Waals surface area contributed by atoms with E-state index in [1.807, 2.05) is 0 Å². The van der Waals surface area contributed by atoms with Crippen molar-refractivity contribution in [2.45, 2.75) is 40.7 Å². The van der Waals surface area contributed by atoms with Gasteiger partial charge in [0.1, 0.15) is 6.04 Å². The first-order chi connectivity index (χ1) is 5.47. The van der Waals surface area contributed by atoms with Crippen LogP contribution in [-0.2, 0) is 0 Å². The minimum Gasteiger partial charge on any atom is -0.288 e. The molecule has 0 spiro atoms. The Morgan fingerprint density at radius 1 is 1.25 bits per heavy atom. The van der Waals surface area contributed by atoms with Gasteiger partial charge >= 0.3 is 0 Å². The van der Waals surface area contributed by atoms with Gasteiger partial charge in [0, 0.05) is 0 Å². The largest absolute Gasteiger partial charge is 0.288 e. The molecule has 0 rings (SSSR count). The van der Waals surface area contributed by atoms with Crippen molar-refractivity contribution < 1.29 is 0 Å². The van der Waals surface area contributed by atoms with Crippen LogP contribution in [0.5, 0.6) is 0 Å².